The summed E-state index contributed by atoms with van der Waals surface area (Å²) in [5.74, 6) is 0.934. The van der Waals surface area contributed by atoms with E-state index in [9.17, 15) is 4.79 Å². The third kappa shape index (κ3) is 8.71. The number of carbonyl (C=O) groups excluding carboxylic acids is 1. The third-order valence-electron chi connectivity index (χ3n) is 4.74. The molecule has 1 aliphatic heterocycles. The minimum absolute atomic E-state index is 0.126. The minimum atomic E-state index is 0.126. The Labute approximate surface area is 168 Å². The second-order valence-electron chi connectivity index (χ2n) is 7.08. The van der Waals surface area contributed by atoms with E-state index in [0.717, 1.165) is 44.9 Å². The molecule has 28 heavy (non-hydrogen) atoms. The van der Waals surface area contributed by atoms with Crippen LogP contribution in [0.4, 0.5) is 0 Å². The molecule has 1 aliphatic rings. The Morgan fingerprint density at radius 1 is 1.18 bits per heavy atom. The first-order valence-corrected chi connectivity index (χ1v) is 10.3. The summed E-state index contributed by atoms with van der Waals surface area (Å²) in [5, 5.41) is 9.72. The van der Waals surface area contributed by atoms with Gasteiger partial charge in [-0.05, 0) is 24.8 Å². The summed E-state index contributed by atoms with van der Waals surface area (Å²) in [5.41, 5.74) is 1.18. The molecule has 0 atom stereocenters. The first-order valence-electron chi connectivity index (χ1n) is 10.3. The number of amides is 1. The van der Waals surface area contributed by atoms with Gasteiger partial charge in [-0.3, -0.25) is 14.7 Å². The molecule has 0 radical (unpaired) electrons. The van der Waals surface area contributed by atoms with Crippen molar-refractivity contribution in [3.8, 4) is 0 Å². The molecule has 0 bridgehead atoms. The standard InChI is InChI=1S/C21H35N5O2/c1-3-11-23-20(27)16-26-13-9-19(10-14-26)25-21(22-2)24-12-15-28-17-18-7-5-4-6-8-18/h4-8,19H,3,9-17H2,1-2H3,(H,23,27)(H2,22,24,25). The average Bonchev–Trinajstić information content (AvgIpc) is 2.73. The summed E-state index contributed by atoms with van der Waals surface area (Å²) in [6.45, 7) is 7.13. The number of piperidine rings is 1. The van der Waals surface area contributed by atoms with Crippen molar-refractivity contribution in [1.29, 1.82) is 0 Å². The van der Waals surface area contributed by atoms with E-state index >= 15 is 0 Å². The molecule has 0 saturated carbocycles. The van der Waals surface area contributed by atoms with Gasteiger partial charge in [0.05, 0.1) is 19.8 Å². The molecule has 1 amide bonds. The van der Waals surface area contributed by atoms with Crippen molar-refractivity contribution in [2.24, 2.45) is 4.99 Å². The van der Waals surface area contributed by atoms with Crippen LogP contribution in [0.15, 0.2) is 35.3 Å². The van der Waals surface area contributed by atoms with E-state index in [1.54, 1.807) is 7.05 Å². The summed E-state index contributed by atoms with van der Waals surface area (Å²) < 4.78 is 5.69. The largest absolute Gasteiger partial charge is 0.375 e. The molecular formula is C21H35N5O2. The molecule has 1 aromatic rings. The Morgan fingerprint density at radius 3 is 2.61 bits per heavy atom. The van der Waals surface area contributed by atoms with Crippen molar-refractivity contribution in [3.05, 3.63) is 35.9 Å². The van der Waals surface area contributed by atoms with Gasteiger partial charge in [0.1, 0.15) is 0 Å². The Balaban J connectivity index is 1.57. The van der Waals surface area contributed by atoms with Gasteiger partial charge < -0.3 is 20.7 Å². The van der Waals surface area contributed by atoms with Crippen LogP contribution in [0.1, 0.15) is 31.7 Å². The number of guanidine groups is 1. The summed E-state index contributed by atoms with van der Waals surface area (Å²) in [7, 11) is 1.79. The lowest BCUT2D eigenvalue weighted by atomic mass is 10.1. The van der Waals surface area contributed by atoms with Gasteiger partial charge in [0.25, 0.3) is 0 Å². The SMILES string of the molecule is CCCNC(=O)CN1CCC(NC(=NC)NCCOCc2ccccc2)CC1. The van der Waals surface area contributed by atoms with E-state index in [-0.39, 0.29) is 5.91 Å². The van der Waals surface area contributed by atoms with Crippen molar-refractivity contribution in [3.63, 3.8) is 0 Å². The van der Waals surface area contributed by atoms with Crippen LogP contribution < -0.4 is 16.0 Å². The number of hydrogen-bond acceptors (Lipinski definition) is 4. The fourth-order valence-corrected chi connectivity index (χ4v) is 3.15. The Kier molecular flexibility index (Phi) is 10.4. The maximum atomic E-state index is 11.8. The zero-order valence-corrected chi connectivity index (χ0v) is 17.2. The number of benzene rings is 1. The average molecular weight is 390 g/mol. The number of carbonyl (C=O) groups is 1. The normalized spacial score (nSPS) is 16.0. The number of aliphatic imine (C=N–C) groups is 1. The van der Waals surface area contributed by atoms with Crippen LogP contribution in [0.5, 0.6) is 0 Å². The van der Waals surface area contributed by atoms with Gasteiger partial charge >= 0.3 is 0 Å². The predicted molar refractivity (Wildman–Crippen MR) is 113 cm³/mol. The van der Waals surface area contributed by atoms with Crippen LogP contribution in [0.3, 0.4) is 0 Å². The van der Waals surface area contributed by atoms with E-state index in [0.29, 0.717) is 32.3 Å². The number of nitrogens with zero attached hydrogens (tertiary/aromatic N) is 2. The first-order chi connectivity index (χ1) is 13.7. The molecular weight excluding hydrogens is 354 g/mol. The second-order valence-corrected chi connectivity index (χ2v) is 7.08. The zero-order chi connectivity index (χ0) is 20.0. The molecule has 0 unspecified atom stereocenters. The minimum Gasteiger partial charge on any atom is -0.375 e. The molecule has 7 heteroatoms. The first kappa shape index (κ1) is 22.2. The summed E-state index contributed by atoms with van der Waals surface area (Å²) in [4.78, 5) is 18.3. The van der Waals surface area contributed by atoms with Crippen LogP contribution in [-0.4, -0.2) is 69.2 Å². The van der Waals surface area contributed by atoms with Gasteiger partial charge in [0, 0.05) is 39.3 Å². The van der Waals surface area contributed by atoms with Crippen LogP contribution in [-0.2, 0) is 16.1 Å². The number of hydrogen-bond donors (Lipinski definition) is 3. The highest BCUT2D eigenvalue weighted by Crippen LogP contribution is 2.09. The molecule has 1 heterocycles. The molecule has 1 fully saturated rings. The zero-order valence-electron chi connectivity index (χ0n) is 17.2. The third-order valence-corrected chi connectivity index (χ3v) is 4.74. The van der Waals surface area contributed by atoms with Crippen molar-refractivity contribution in [1.82, 2.24) is 20.9 Å². The van der Waals surface area contributed by atoms with Gasteiger partial charge in [0.15, 0.2) is 5.96 Å². The second kappa shape index (κ2) is 13.1. The molecule has 156 valence electrons. The summed E-state index contributed by atoms with van der Waals surface area (Å²) >= 11 is 0. The molecule has 7 nitrogen and oxygen atoms in total. The summed E-state index contributed by atoms with van der Waals surface area (Å²) in [6, 6.07) is 10.6. The maximum absolute atomic E-state index is 11.8. The molecule has 1 saturated heterocycles. The van der Waals surface area contributed by atoms with Crippen molar-refractivity contribution < 1.29 is 9.53 Å². The lowest BCUT2D eigenvalue weighted by Gasteiger charge is -2.32. The lowest BCUT2D eigenvalue weighted by Crippen LogP contribution is -2.50. The lowest BCUT2D eigenvalue weighted by molar-refractivity contribution is -0.122. The van der Waals surface area contributed by atoms with E-state index in [1.807, 2.05) is 18.2 Å². The van der Waals surface area contributed by atoms with Gasteiger partial charge in [-0.25, -0.2) is 0 Å². The highest BCUT2D eigenvalue weighted by atomic mass is 16.5. The van der Waals surface area contributed by atoms with E-state index in [1.165, 1.54) is 5.56 Å². The Hall–Kier alpha value is -2.12. The maximum Gasteiger partial charge on any atom is 0.234 e. The number of ether oxygens (including phenoxy) is 1. The van der Waals surface area contributed by atoms with Gasteiger partial charge in [-0.2, -0.15) is 0 Å². The van der Waals surface area contributed by atoms with Crippen LogP contribution in [0, 0.1) is 0 Å². The molecule has 1 aromatic carbocycles. The van der Waals surface area contributed by atoms with Gasteiger partial charge in [-0.15, -0.1) is 0 Å². The smallest absolute Gasteiger partial charge is 0.234 e. The predicted octanol–water partition coefficient (Wildman–Crippen LogP) is 1.36. The number of nitrogens with one attached hydrogen (secondary N) is 3. The highest BCUT2D eigenvalue weighted by molar-refractivity contribution is 5.80. The molecule has 0 aromatic heterocycles. The van der Waals surface area contributed by atoms with Crippen LogP contribution in [0.2, 0.25) is 0 Å². The van der Waals surface area contributed by atoms with Crippen molar-refractivity contribution >= 4 is 11.9 Å². The number of rotatable bonds is 10. The van der Waals surface area contributed by atoms with Gasteiger partial charge in [0.2, 0.25) is 5.91 Å². The van der Waals surface area contributed by atoms with E-state index in [2.05, 4.69) is 44.9 Å². The Bertz CT molecular complexity index is 586. The highest BCUT2D eigenvalue weighted by Gasteiger charge is 2.21. The van der Waals surface area contributed by atoms with Gasteiger partial charge in [-0.1, -0.05) is 37.3 Å². The van der Waals surface area contributed by atoms with Crippen LogP contribution in [0.25, 0.3) is 0 Å². The van der Waals surface area contributed by atoms with E-state index < -0.39 is 0 Å². The fourth-order valence-electron chi connectivity index (χ4n) is 3.15. The van der Waals surface area contributed by atoms with Crippen LogP contribution >= 0.6 is 0 Å². The summed E-state index contributed by atoms with van der Waals surface area (Å²) in [6.07, 6.45) is 2.99. The van der Waals surface area contributed by atoms with E-state index in [4.69, 9.17) is 4.74 Å². The molecule has 2 rings (SSSR count). The molecule has 0 aliphatic carbocycles. The van der Waals surface area contributed by atoms with Crippen molar-refractivity contribution in [2.75, 3.05) is 46.4 Å². The molecule has 0 spiro atoms. The molecule has 3 N–H and O–H groups in total. The number of likely N-dealkylation sites (tertiary alicyclic amines) is 1. The fraction of sp³-hybridized carbons (Fsp3) is 0.619. The van der Waals surface area contributed by atoms with Crippen molar-refractivity contribution in [2.45, 2.75) is 38.8 Å². The topological polar surface area (TPSA) is 78.0 Å². The monoisotopic (exact) mass is 389 g/mol. The Morgan fingerprint density at radius 2 is 1.93 bits per heavy atom. The quantitative estimate of drug-likeness (QED) is 0.320.